The minimum absolute atomic E-state index is 0.0772. The molecule has 1 aliphatic carbocycles. The van der Waals surface area contributed by atoms with Gasteiger partial charge < -0.3 is 14.7 Å². The van der Waals surface area contributed by atoms with Gasteiger partial charge in [0.25, 0.3) is 0 Å². The van der Waals surface area contributed by atoms with Crippen molar-refractivity contribution in [2.45, 2.75) is 23.7 Å². The largest absolute Gasteiger partial charge is 0.381 e. The highest BCUT2D eigenvalue weighted by atomic mass is 79.9. The zero-order valence-electron chi connectivity index (χ0n) is 6.76. The summed E-state index contributed by atoms with van der Waals surface area (Å²) in [5.74, 6) is -0.0772. The van der Waals surface area contributed by atoms with Crippen molar-refractivity contribution in [3.8, 4) is 0 Å². The molecule has 5 nitrogen and oxygen atoms in total. The van der Waals surface area contributed by atoms with Crippen molar-refractivity contribution in [2.24, 2.45) is 0 Å². The van der Waals surface area contributed by atoms with Gasteiger partial charge in [-0.15, -0.1) is 0 Å². The lowest BCUT2D eigenvalue weighted by molar-refractivity contribution is -0.389. The topological polar surface area (TPSA) is 61.0 Å². The van der Waals surface area contributed by atoms with Crippen LogP contribution in [-0.2, 0) is 0 Å². The summed E-state index contributed by atoms with van der Waals surface area (Å²) in [4.78, 5) is 14.0. The van der Waals surface area contributed by atoms with Crippen LogP contribution < -0.4 is 0 Å². The summed E-state index contributed by atoms with van der Waals surface area (Å²) < 4.78 is 1.81. The minimum Gasteiger partial charge on any atom is -0.358 e. The molecule has 2 atom stereocenters. The van der Waals surface area contributed by atoms with Crippen molar-refractivity contribution in [3.63, 3.8) is 0 Å². The fourth-order valence-electron chi connectivity index (χ4n) is 1.38. The van der Waals surface area contributed by atoms with Crippen molar-refractivity contribution in [1.29, 1.82) is 0 Å². The first-order valence-electron chi connectivity index (χ1n) is 4.00. The highest BCUT2D eigenvalue weighted by Crippen LogP contribution is 2.38. The standard InChI is InChI=1S/C7H8BrN3O2/c8-5-1-2-6(5)10-3-7(9-4-10)11(12)13/h3-6H,1-2H2/t5-,6?/m1/s1. The third-order valence-electron chi connectivity index (χ3n) is 2.31. The predicted molar refractivity (Wildman–Crippen MR) is 49.9 cm³/mol. The van der Waals surface area contributed by atoms with E-state index in [1.807, 2.05) is 0 Å². The predicted octanol–water partition coefficient (Wildman–Crippen LogP) is 1.89. The summed E-state index contributed by atoms with van der Waals surface area (Å²) in [6.45, 7) is 0. The van der Waals surface area contributed by atoms with Gasteiger partial charge in [-0.25, -0.2) is 0 Å². The molecule has 1 saturated carbocycles. The smallest absolute Gasteiger partial charge is 0.358 e. The molecule has 0 amide bonds. The normalized spacial score (nSPS) is 26.8. The van der Waals surface area contributed by atoms with Gasteiger partial charge in [-0.05, 0) is 22.7 Å². The van der Waals surface area contributed by atoms with Crippen molar-refractivity contribution >= 4 is 21.7 Å². The van der Waals surface area contributed by atoms with E-state index in [0.717, 1.165) is 12.8 Å². The molecule has 6 heteroatoms. The summed E-state index contributed by atoms with van der Waals surface area (Å²) in [7, 11) is 0. The molecule has 0 saturated heterocycles. The Labute approximate surface area is 83.0 Å². The Morgan fingerprint density at radius 1 is 1.69 bits per heavy atom. The highest BCUT2D eigenvalue weighted by Gasteiger charge is 2.31. The van der Waals surface area contributed by atoms with Gasteiger partial charge in [0.15, 0.2) is 0 Å². The van der Waals surface area contributed by atoms with Crippen LogP contribution in [0.25, 0.3) is 0 Å². The van der Waals surface area contributed by atoms with Gasteiger partial charge in [0, 0.05) is 10.9 Å². The molecule has 0 N–H and O–H groups in total. The van der Waals surface area contributed by atoms with Crippen LogP contribution in [0.3, 0.4) is 0 Å². The van der Waals surface area contributed by atoms with E-state index in [1.54, 1.807) is 4.57 Å². The van der Waals surface area contributed by atoms with E-state index < -0.39 is 4.92 Å². The molecular weight excluding hydrogens is 238 g/mol. The van der Waals surface area contributed by atoms with Crippen LogP contribution in [0.1, 0.15) is 18.9 Å². The maximum absolute atomic E-state index is 10.3. The van der Waals surface area contributed by atoms with Crippen molar-refractivity contribution in [1.82, 2.24) is 9.55 Å². The molecule has 0 bridgehead atoms. The van der Waals surface area contributed by atoms with Crippen molar-refractivity contribution in [3.05, 3.63) is 22.6 Å². The Kier molecular flexibility index (Phi) is 2.07. The van der Waals surface area contributed by atoms with E-state index >= 15 is 0 Å². The zero-order chi connectivity index (χ0) is 9.42. The quantitative estimate of drug-likeness (QED) is 0.454. The Morgan fingerprint density at radius 3 is 2.85 bits per heavy atom. The van der Waals surface area contributed by atoms with E-state index in [2.05, 4.69) is 20.9 Å². The number of nitrogens with zero attached hydrogens (tertiary/aromatic N) is 3. The number of hydrogen-bond donors (Lipinski definition) is 0. The second-order valence-electron chi connectivity index (χ2n) is 3.10. The molecule has 1 heterocycles. The van der Waals surface area contributed by atoms with Gasteiger partial charge in [0.2, 0.25) is 6.33 Å². The van der Waals surface area contributed by atoms with Gasteiger partial charge in [-0.1, -0.05) is 15.9 Å². The Balaban J connectivity index is 2.17. The van der Waals surface area contributed by atoms with Crippen LogP contribution in [0.15, 0.2) is 12.5 Å². The number of halogens is 1. The molecule has 13 heavy (non-hydrogen) atoms. The molecule has 1 aromatic rings. The van der Waals surface area contributed by atoms with E-state index in [9.17, 15) is 10.1 Å². The van der Waals surface area contributed by atoms with E-state index in [4.69, 9.17) is 0 Å². The fraction of sp³-hybridized carbons (Fsp3) is 0.571. The van der Waals surface area contributed by atoms with Gasteiger partial charge in [0.1, 0.15) is 6.20 Å². The number of imidazole rings is 1. The van der Waals surface area contributed by atoms with E-state index in [0.29, 0.717) is 10.9 Å². The zero-order valence-corrected chi connectivity index (χ0v) is 8.35. The average Bonchev–Trinajstić information content (AvgIpc) is 2.50. The average molecular weight is 246 g/mol. The molecular formula is C7H8BrN3O2. The highest BCUT2D eigenvalue weighted by molar-refractivity contribution is 9.09. The maximum Gasteiger partial charge on any atom is 0.381 e. The number of hydrogen-bond acceptors (Lipinski definition) is 3. The van der Waals surface area contributed by atoms with Crippen molar-refractivity contribution < 1.29 is 4.92 Å². The summed E-state index contributed by atoms with van der Waals surface area (Å²) in [6.07, 6.45) is 5.19. The first-order chi connectivity index (χ1) is 6.18. The molecule has 70 valence electrons. The third-order valence-corrected chi connectivity index (χ3v) is 3.38. The maximum atomic E-state index is 10.3. The Bertz CT molecular complexity index is 338. The minimum atomic E-state index is -0.474. The van der Waals surface area contributed by atoms with Crippen LogP contribution in [0.5, 0.6) is 0 Å². The SMILES string of the molecule is O=[N+]([O-])c1cn(C2CC[C@H]2Br)cn1. The molecule has 1 unspecified atom stereocenters. The lowest BCUT2D eigenvalue weighted by atomic mass is 9.93. The first kappa shape index (κ1) is 8.68. The molecule has 0 spiro atoms. The second-order valence-corrected chi connectivity index (χ2v) is 4.27. The lowest BCUT2D eigenvalue weighted by Gasteiger charge is -2.32. The van der Waals surface area contributed by atoms with Crippen LogP contribution >= 0.6 is 15.9 Å². The van der Waals surface area contributed by atoms with Crippen LogP contribution in [0, 0.1) is 10.1 Å². The lowest BCUT2D eigenvalue weighted by Crippen LogP contribution is -2.28. The molecule has 0 aliphatic heterocycles. The second kappa shape index (κ2) is 3.10. The monoisotopic (exact) mass is 245 g/mol. The first-order valence-corrected chi connectivity index (χ1v) is 4.92. The molecule has 1 fully saturated rings. The number of rotatable bonds is 2. The Morgan fingerprint density at radius 2 is 2.46 bits per heavy atom. The summed E-state index contributed by atoms with van der Waals surface area (Å²) >= 11 is 3.49. The van der Waals surface area contributed by atoms with E-state index in [1.165, 1.54) is 12.5 Å². The summed E-state index contributed by atoms with van der Waals surface area (Å²) in [5, 5.41) is 10.3. The van der Waals surface area contributed by atoms with Gasteiger partial charge in [-0.3, -0.25) is 0 Å². The molecule has 1 aliphatic rings. The van der Waals surface area contributed by atoms with Gasteiger partial charge >= 0.3 is 5.82 Å². The number of nitro groups is 1. The fourth-order valence-corrected chi connectivity index (χ4v) is 2.18. The summed E-state index contributed by atoms with van der Waals surface area (Å²) in [6, 6.07) is 0.334. The molecule has 2 rings (SSSR count). The van der Waals surface area contributed by atoms with Crippen LogP contribution in [-0.4, -0.2) is 19.3 Å². The van der Waals surface area contributed by atoms with Gasteiger partial charge in [-0.2, -0.15) is 0 Å². The van der Waals surface area contributed by atoms with Crippen LogP contribution in [0.4, 0.5) is 5.82 Å². The van der Waals surface area contributed by atoms with Gasteiger partial charge in [0.05, 0.1) is 0 Å². The third kappa shape index (κ3) is 1.46. The summed E-state index contributed by atoms with van der Waals surface area (Å²) in [5.41, 5.74) is 0. The molecule has 0 radical (unpaired) electrons. The van der Waals surface area contributed by atoms with E-state index in [-0.39, 0.29) is 5.82 Å². The molecule has 1 aromatic heterocycles. The molecule has 0 aromatic carbocycles. The van der Waals surface area contributed by atoms with Crippen molar-refractivity contribution in [2.75, 3.05) is 0 Å². The number of aromatic nitrogens is 2. The number of alkyl halides is 1. The Hall–Kier alpha value is -0.910. The van der Waals surface area contributed by atoms with Crippen LogP contribution in [0.2, 0.25) is 0 Å².